The van der Waals surface area contributed by atoms with Crippen LogP contribution in [0.25, 0.3) is 16.7 Å². The van der Waals surface area contributed by atoms with Crippen molar-refractivity contribution in [1.82, 2.24) is 20.2 Å². The van der Waals surface area contributed by atoms with Gasteiger partial charge in [-0.1, -0.05) is 18.2 Å². The minimum atomic E-state index is -0.399. The van der Waals surface area contributed by atoms with Crippen LogP contribution in [-0.4, -0.2) is 20.2 Å². The number of fused-ring (bicyclic) bond motifs is 1. The predicted molar refractivity (Wildman–Crippen MR) is 55.2 cm³/mol. The standard InChI is InChI=1S/C10H6N4O2/c15-10-8-4-2-1-3-7(8)5-9(16-10)14-6-11-12-13-14/h1-6H. The van der Waals surface area contributed by atoms with Crippen LogP contribution in [0.4, 0.5) is 0 Å². The number of hydrogen-bond acceptors (Lipinski definition) is 5. The molecule has 0 atom stereocenters. The highest BCUT2D eigenvalue weighted by atomic mass is 16.4. The average Bonchev–Trinajstić information content (AvgIpc) is 2.82. The molecule has 0 aliphatic carbocycles. The minimum Gasteiger partial charge on any atom is -0.404 e. The third kappa shape index (κ3) is 1.28. The van der Waals surface area contributed by atoms with Crippen molar-refractivity contribution in [1.29, 1.82) is 0 Å². The lowest BCUT2D eigenvalue weighted by atomic mass is 10.2. The Kier molecular flexibility index (Phi) is 1.79. The molecule has 0 aliphatic heterocycles. The molecule has 0 fully saturated rings. The molecule has 0 aliphatic rings. The molecule has 6 heteroatoms. The summed E-state index contributed by atoms with van der Waals surface area (Å²) in [5, 5.41) is 12.0. The first-order chi connectivity index (χ1) is 7.84. The molecule has 0 radical (unpaired) electrons. The highest BCUT2D eigenvalue weighted by Gasteiger charge is 2.05. The first-order valence-corrected chi connectivity index (χ1v) is 4.61. The van der Waals surface area contributed by atoms with Crippen molar-refractivity contribution in [2.45, 2.75) is 0 Å². The van der Waals surface area contributed by atoms with Crippen LogP contribution in [0.2, 0.25) is 0 Å². The third-order valence-electron chi connectivity index (χ3n) is 2.23. The van der Waals surface area contributed by atoms with Crippen LogP contribution in [0.1, 0.15) is 0 Å². The van der Waals surface area contributed by atoms with Gasteiger partial charge < -0.3 is 4.42 Å². The van der Waals surface area contributed by atoms with Crippen LogP contribution in [-0.2, 0) is 0 Å². The first kappa shape index (κ1) is 8.78. The quantitative estimate of drug-likeness (QED) is 0.598. The summed E-state index contributed by atoms with van der Waals surface area (Å²) >= 11 is 0. The van der Waals surface area contributed by atoms with Crippen molar-refractivity contribution in [2.24, 2.45) is 0 Å². The van der Waals surface area contributed by atoms with Gasteiger partial charge in [0.25, 0.3) is 0 Å². The van der Waals surface area contributed by atoms with Gasteiger partial charge in [-0.25, -0.2) is 4.79 Å². The van der Waals surface area contributed by atoms with Crippen LogP contribution in [0, 0.1) is 0 Å². The lowest BCUT2D eigenvalue weighted by Crippen LogP contribution is -2.04. The van der Waals surface area contributed by atoms with Gasteiger partial charge in [0, 0.05) is 6.07 Å². The Morgan fingerprint density at radius 2 is 2.12 bits per heavy atom. The van der Waals surface area contributed by atoms with E-state index in [1.165, 1.54) is 11.0 Å². The van der Waals surface area contributed by atoms with Gasteiger partial charge in [0.15, 0.2) is 0 Å². The number of rotatable bonds is 1. The van der Waals surface area contributed by atoms with E-state index in [9.17, 15) is 4.79 Å². The van der Waals surface area contributed by atoms with E-state index in [1.54, 1.807) is 18.2 Å². The highest BCUT2D eigenvalue weighted by molar-refractivity contribution is 5.81. The molecule has 0 unspecified atom stereocenters. The molecule has 0 saturated heterocycles. The van der Waals surface area contributed by atoms with E-state index < -0.39 is 5.63 Å². The van der Waals surface area contributed by atoms with Crippen LogP contribution < -0.4 is 5.63 Å². The SMILES string of the molecule is O=c1oc(-n2cnnn2)cc2ccccc12. The number of hydrogen-bond donors (Lipinski definition) is 0. The molecule has 6 nitrogen and oxygen atoms in total. The van der Waals surface area contributed by atoms with Crippen LogP contribution in [0.15, 0.2) is 45.9 Å². The van der Waals surface area contributed by atoms with Crippen LogP contribution >= 0.6 is 0 Å². The summed E-state index contributed by atoms with van der Waals surface area (Å²) in [7, 11) is 0. The van der Waals surface area contributed by atoms with Gasteiger partial charge in [-0.05, 0) is 21.9 Å². The van der Waals surface area contributed by atoms with E-state index in [-0.39, 0.29) is 0 Å². The zero-order valence-electron chi connectivity index (χ0n) is 8.07. The van der Waals surface area contributed by atoms with Gasteiger partial charge in [-0.15, -0.1) is 5.10 Å². The van der Waals surface area contributed by atoms with Crippen molar-refractivity contribution in [3.63, 3.8) is 0 Å². The maximum Gasteiger partial charge on any atom is 0.345 e. The van der Waals surface area contributed by atoms with Crippen molar-refractivity contribution < 1.29 is 4.42 Å². The summed E-state index contributed by atoms with van der Waals surface area (Å²) in [5.74, 6) is 0.300. The molecule has 0 spiro atoms. The van der Waals surface area contributed by atoms with Gasteiger partial charge in [-0.2, -0.15) is 4.68 Å². The smallest absolute Gasteiger partial charge is 0.345 e. The van der Waals surface area contributed by atoms with E-state index in [2.05, 4.69) is 15.5 Å². The van der Waals surface area contributed by atoms with Gasteiger partial charge in [0.1, 0.15) is 6.33 Å². The Hall–Kier alpha value is -2.50. The fourth-order valence-electron chi connectivity index (χ4n) is 1.50. The maximum absolute atomic E-state index is 11.6. The van der Waals surface area contributed by atoms with E-state index in [0.717, 1.165) is 5.39 Å². The van der Waals surface area contributed by atoms with Gasteiger partial charge in [0.2, 0.25) is 5.88 Å². The van der Waals surface area contributed by atoms with Crippen LogP contribution in [0.5, 0.6) is 0 Å². The topological polar surface area (TPSA) is 73.8 Å². The molecule has 1 aromatic carbocycles. The normalized spacial score (nSPS) is 10.8. The average molecular weight is 214 g/mol. The Morgan fingerprint density at radius 1 is 1.25 bits per heavy atom. The minimum absolute atomic E-state index is 0.300. The number of aromatic nitrogens is 4. The molecule has 16 heavy (non-hydrogen) atoms. The second-order valence-corrected chi connectivity index (χ2v) is 3.21. The molecule has 2 aromatic heterocycles. The molecular formula is C10H6N4O2. The number of tetrazole rings is 1. The summed E-state index contributed by atoms with van der Waals surface area (Å²) in [6.07, 6.45) is 1.37. The van der Waals surface area contributed by atoms with Gasteiger partial charge in [0.05, 0.1) is 5.39 Å². The zero-order valence-corrected chi connectivity index (χ0v) is 8.07. The van der Waals surface area contributed by atoms with E-state index >= 15 is 0 Å². The van der Waals surface area contributed by atoms with E-state index in [0.29, 0.717) is 11.3 Å². The van der Waals surface area contributed by atoms with E-state index in [4.69, 9.17) is 4.42 Å². The van der Waals surface area contributed by atoms with E-state index in [1.807, 2.05) is 12.1 Å². The first-order valence-electron chi connectivity index (χ1n) is 4.61. The van der Waals surface area contributed by atoms with Gasteiger partial charge >= 0.3 is 5.63 Å². The Bertz CT molecular complexity index is 687. The van der Waals surface area contributed by atoms with Crippen molar-refractivity contribution >= 4 is 10.8 Å². The second kappa shape index (κ2) is 3.27. The Labute approximate surface area is 89.1 Å². The molecule has 2 heterocycles. The predicted octanol–water partition coefficient (Wildman–Crippen LogP) is 0.769. The molecule has 0 saturated carbocycles. The molecule has 0 amide bonds. The maximum atomic E-state index is 11.6. The fourth-order valence-corrected chi connectivity index (χ4v) is 1.50. The highest BCUT2D eigenvalue weighted by Crippen LogP contribution is 2.13. The summed E-state index contributed by atoms with van der Waals surface area (Å²) < 4.78 is 6.40. The summed E-state index contributed by atoms with van der Waals surface area (Å²) in [6, 6.07) is 8.90. The molecular weight excluding hydrogens is 208 g/mol. The number of nitrogens with zero attached hydrogens (tertiary/aromatic N) is 4. The molecule has 0 bridgehead atoms. The zero-order chi connectivity index (χ0) is 11.0. The fraction of sp³-hybridized carbons (Fsp3) is 0. The Balaban J connectivity index is 2.34. The number of benzene rings is 1. The summed E-state index contributed by atoms with van der Waals surface area (Å²) in [4.78, 5) is 11.6. The molecule has 3 aromatic rings. The van der Waals surface area contributed by atoms with Crippen molar-refractivity contribution in [2.75, 3.05) is 0 Å². The van der Waals surface area contributed by atoms with Crippen LogP contribution in [0.3, 0.4) is 0 Å². The summed E-state index contributed by atoms with van der Waals surface area (Å²) in [6.45, 7) is 0. The van der Waals surface area contributed by atoms with Gasteiger partial charge in [-0.3, -0.25) is 0 Å². The third-order valence-corrected chi connectivity index (χ3v) is 2.23. The molecule has 0 N–H and O–H groups in total. The lowest BCUT2D eigenvalue weighted by Gasteiger charge is -1.99. The summed E-state index contributed by atoms with van der Waals surface area (Å²) in [5.41, 5.74) is -0.399. The molecule has 78 valence electrons. The largest absolute Gasteiger partial charge is 0.404 e. The monoisotopic (exact) mass is 214 g/mol. The van der Waals surface area contributed by atoms with Crippen molar-refractivity contribution in [3.8, 4) is 5.88 Å². The Morgan fingerprint density at radius 3 is 2.94 bits per heavy atom. The second-order valence-electron chi connectivity index (χ2n) is 3.21. The van der Waals surface area contributed by atoms with Crippen molar-refractivity contribution in [3.05, 3.63) is 47.1 Å². The molecule has 3 rings (SSSR count). The lowest BCUT2D eigenvalue weighted by molar-refractivity contribution is 0.477.